The van der Waals surface area contributed by atoms with Crippen molar-refractivity contribution in [2.75, 3.05) is 32.8 Å². The summed E-state index contributed by atoms with van der Waals surface area (Å²) in [6.07, 6.45) is 0.471. The van der Waals surface area contributed by atoms with Crippen LogP contribution in [0.3, 0.4) is 0 Å². The van der Waals surface area contributed by atoms with Gasteiger partial charge in [-0.15, -0.1) is 0 Å². The van der Waals surface area contributed by atoms with E-state index in [2.05, 4.69) is 5.32 Å². The second kappa shape index (κ2) is 9.42. The maximum atomic E-state index is 12.7. The summed E-state index contributed by atoms with van der Waals surface area (Å²) < 4.78 is 32.0. The Labute approximate surface area is 192 Å². The minimum absolute atomic E-state index is 0.219. The van der Waals surface area contributed by atoms with Gasteiger partial charge in [0.2, 0.25) is 15.9 Å². The maximum Gasteiger partial charge on any atom is 0.262 e. The Morgan fingerprint density at radius 2 is 1.58 bits per heavy atom. The molecule has 1 unspecified atom stereocenters. The summed E-state index contributed by atoms with van der Waals surface area (Å²) in [5.74, 6) is -1.39. The number of ether oxygens (including phenoxy) is 1. The first-order chi connectivity index (χ1) is 15.8. The summed E-state index contributed by atoms with van der Waals surface area (Å²) in [6.45, 7) is 3.24. The lowest BCUT2D eigenvalue weighted by Crippen LogP contribution is -2.48. The van der Waals surface area contributed by atoms with Gasteiger partial charge in [-0.1, -0.05) is 24.3 Å². The third-order valence-electron chi connectivity index (χ3n) is 5.84. The molecule has 2 aromatic carbocycles. The van der Waals surface area contributed by atoms with Crippen LogP contribution in [0.1, 0.15) is 33.2 Å². The van der Waals surface area contributed by atoms with Crippen molar-refractivity contribution in [3.8, 4) is 0 Å². The van der Waals surface area contributed by atoms with E-state index in [1.807, 2.05) is 0 Å². The highest BCUT2D eigenvalue weighted by Gasteiger charge is 2.40. The summed E-state index contributed by atoms with van der Waals surface area (Å²) in [4.78, 5) is 38.8. The van der Waals surface area contributed by atoms with E-state index in [1.165, 1.54) is 11.2 Å². The zero-order chi connectivity index (χ0) is 23.6. The fraction of sp³-hybridized carbons (Fsp3) is 0.348. The van der Waals surface area contributed by atoms with Gasteiger partial charge >= 0.3 is 0 Å². The molecule has 2 heterocycles. The van der Waals surface area contributed by atoms with E-state index in [9.17, 15) is 22.8 Å². The molecule has 9 nitrogen and oxygen atoms in total. The van der Waals surface area contributed by atoms with Crippen LogP contribution in [-0.4, -0.2) is 74.2 Å². The van der Waals surface area contributed by atoms with E-state index in [-0.39, 0.29) is 11.4 Å². The molecule has 174 valence electrons. The molecule has 2 aliphatic heterocycles. The largest absolute Gasteiger partial charge is 0.379 e. The molecule has 0 spiro atoms. The first kappa shape index (κ1) is 23.1. The summed E-state index contributed by atoms with van der Waals surface area (Å²) in [7, 11) is -3.55. The molecule has 2 aromatic rings. The minimum atomic E-state index is -3.55. The lowest BCUT2D eigenvalue weighted by atomic mass is 10.1. The molecule has 1 atom stereocenters. The summed E-state index contributed by atoms with van der Waals surface area (Å²) in [5.41, 5.74) is 1.45. The molecule has 0 radical (unpaired) electrons. The van der Waals surface area contributed by atoms with Gasteiger partial charge in [-0.3, -0.25) is 19.3 Å². The van der Waals surface area contributed by atoms with E-state index in [1.54, 1.807) is 48.5 Å². The van der Waals surface area contributed by atoms with E-state index in [4.69, 9.17) is 4.74 Å². The van der Waals surface area contributed by atoms with E-state index in [0.29, 0.717) is 43.9 Å². The van der Waals surface area contributed by atoms with Crippen molar-refractivity contribution < 1.29 is 27.5 Å². The van der Waals surface area contributed by atoms with E-state index < -0.39 is 33.8 Å². The number of carbonyl (C=O) groups is 3. The van der Waals surface area contributed by atoms with Gasteiger partial charge in [0.15, 0.2) is 0 Å². The topological polar surface area (TPSA) is 113 Å². The fourth-order valence-corrected chi connectivity index (χ4v) is 5.33. The molecule has 0 saturated carbocycles. The number of sulfonamides is 1. The fourth-order valence-electron chi connectivity index (χ4n) is 3.92. The van der Waals surface area contributed by atoms with Crippen molar-refractivity contribution in [1.82, 2.24) is 14.5 Å². The average Bonchev–Trinajstić information content (AvgIpc) is 3.09. The smallest absolute Gasteiger partial charge is 0.262 e. The molecule has 4 rings (SSSR count). The van der Waals surface area contributed by atoms with Crippen molar-refractivity contribution in [1.29, 1.82) is 0 Å². The molecule has 33 heavy (non-hydrogen) atoms. The van der Waals surface area contributed by atoms with Crippen molar-refractivity contribution in [2.24, 2.45) is 0 Å². The molecule has 10 heteroatoms. The number of fused-ring (bicyclic) bond motifs is 1. The molecule has 1 N–H and O–H groups in total. The normalized spacial score (nSPS) is 17.7. The number of hydrogen-bond acceptors (Lipinski definition) is 6. The number of imide groups is 1. The van der Waals surface area contributed by atoms with Crippen molar-refractivity contribution >= 4 is 27.7 Å². The minimum Gasteiger partial charge on any atom is -0.379 e. The van der Waals surface area contributed by atoms with Gasteiger partial charge in [-0.2, -0.15) is 4.31 Å². The molecule has 0 aliphatic carbocycles. The third-order valence-corrected chi connectivity index (χ3v) is 7.75. The second-order valence-electron chi connectivity index (χ2n) is 7.90. The quantitative estimate of drug-likeness (QED) is 0.604. The third kappa shape index (κ3) is 4.54. The van der Waals surface area contributed by atoms with Crippen LogP contribution in [0.4, 0.5) is 0 Å². The van der Waals surface area contributed by atoms with Crippen LogP contribution in [0, 0.1) is 0 Å². The first-order valence-corrected chi connectivity index (χ1v) is 12.2. The highest BCUT2D eigenvalue weighted by atomic mass is 32.2. The van der Waals surface area contributed by atoms with Gasteiger partial charge in [0.1, 0.15) is 6.04 Å². The van der Waals surface area contributed by atoms with Crippen LogP contribution in [0.25, 0.3) is 0 Å². The van der Waals surface area contributed by atoms with Crippen LogP contribution in [-0.2, 0) is 26.0 Å². The number of amides is 3. The molecule has 3 amide bonds. The molecular formula is C23H25N3O6S. The number of hydrogen-bond donors (Lipinski definition) is 1. The standard InChI is InChI=1S/C23H25N3O6S/c1-16(26-22(28)19-4-2-3-5-20(19)23(26)29)21(27)24-11-10-17-6-8-18(9-7-17)33(30,31)25-12-14-32-15-13-25/h2-9,16H,10-15H2,1H3,(H,24,27). The van der Waals surface area contributed by atoms with Gasteiger partial charge in [-0.25, -0.2) is 8.42 Å². The number of carbonyl (C=O) groups excluding carboxylic acids is 3. The highest BCUT2D eigenvalue weighted by Crippen LogP contribution is 2.24. The van der Waals surface area contributed by atoms with Gasteiger partial charge < -0.3 is 10.1 Å². The van der Waals surface area contributed by atoms with Crippen molar-refractivity contribution in [3.05, 3.63) is 65.2 Å². The number of benzene rings is 2. The number of nitrogens with zero attached hydrogens (tertiary/aromatic N) is 2. The van der Waals surface area contributed by atoms with Crippen LogP contribution >= 0.6 is 0 Å². The predicted octanol–water partition coefficient (Wildman–Crippen LogP) is 1.05. The Bertz CT molecular complexity index is 1140. The molecular weight excluding hydrogens is 446 g/mol. The van der Waals surface area contributed by atoms with Gasteiger partial charge in [0.05, 0.1) is 29.2 Å². The van der Waals surface area contributed by atoms with Crippen molar-refractivity contribution in [3.63, 3.8) is 0 Å². The summed E-state index contributed by atoms with van der Waals surface area (Å²) >= 11 is 0. The molecule has 1 fully saturated rings. The van der Waals surface area contributed by atoms with Gasteiger partial charge in [0, 0.05) is 19.6 Å². The molecule has 0 aromatic heterocycles. The predicted molar refractivity (Wildman–Crippen MR) is 119 cm³/mol. The van der Waals surface area contributed by atoms with Crippen LogP contribution in [0.2, 0.25) is 0 Å². The Kier molecular flexibility index (Phi) is 6.59. The average molecular weight is 472 g/mol. The monoisotopic (exact) mass is 471 g/mol. The Balaban J connectivity index is 1.32. The van der Waals surface area contributed by atoms with Gasteiger partial charge in [0.25, 0.3) is 11.8 Å². The Hall–Kier alpha value is -3.08. The highest BCUT2D eigenvalue weighted by molar-refractivity contribution is 7.89. The first-order valence-electron chi connectivity index (χ1n) is 10.7. The SMILES string of the molecule is CC(C(=O)NCCc1ccc(S(=O)(=O)N2CCOCC2)cc1)N1C(=O)c2ccccc2C1=O. The summed E-state index contributed by atoms with van der Waals surface area (Å²) in [5, 5.41) is 2.75. The number of morpholine rings is 1. The Morgan fingerprint density at radius 1 is 1.00 bits per heavy atom. The molecule has 2 aliphatic rings. The zero-order valence-corrected chi connectivity index (χ0v) is 19.0. The lowest BCUT2D eigenvalue weighted by Gasteiger charge is -2.26. The summed E-state index contributed by atoms with van der Waals surface area (Å²) in [6, 6.07) is 12.1. The number of nitrogens with one attached hydrogen (secondary N) is 1. The maximum absolute atomic E-state index is 12.7. The molecule has 1 saturated heterocycles. The number of rotatable bonds is 7. The van der Waals surface area contributed by atoms with Crippen molar-refractivity contribution in [2.45, 2.75) is 24.3 Å². The Morgan fingerprint density at radius 3 is 2.15 bits per heavy atom. The van der Waals surface area contributed by atoms with Crippen LogP contribution in [0.15, 0.2) is 53.4 Å². The van der Waals surface area contributed by atoms with Gasteiger partial charge in [-0.05, 0) is 43.2 Å². The van der Waals surface area contributed by atoms with Crippen LogP contribution in [0.5, 0.6) is 0 Å². The van der Waals surface area contributed by atoms with E-state index in [0.717, 1.165) is 10.5 Å². The second-order valence-corrected chi connectivity index (χ2v) is 9.84. The zero-order valence-electron chi connectivity index (χ0n) is 18.2. The molecule has 0 bridgehead atoms. The lowest BCUT2D eigenvalue weighted by molar-refractivity contribution is -0.124. The van der Waals surface area contributed by atoms with Crippen LogP contribution < -0.4 is 5.32 Å². The van der Waals surface area contributed by atoms with E-state index >= 15 is 0 Å².